The van der Waals surface area contributed by atoms with Crippen molar-refractivity contribution in [3.05, 3.63) is 30.0 Å². The predicted molar refractivity (Wildman–Crippen MR) is 80.7 cm³/mol. The highest BCUT2D eigenvalue weighted by Crippen LogP contribution is 2.22. The number of carbonyl (C=O) groups excluding carboxylic acids is 1. The maximum absolute atomic E-state index is 12.4. The van der Waals surface area contributed by atoms with Crippen LogP contribution in [0, 0.1) is 5.92 Å². The Kier molecular flexibility index (Phi) is 4.20. The van der Waals surface area contributed by atoms with Gasteiger partial charge in [0.2, 0.25) is 5.91 Å². The fraction of sp³-hybridized carbons (Fsp3) is 0.500. The van der Waals surface area contributed by atoms with Gasteiger partial charge in [0.15, 0.2) is 5.58 Å². The van der Waals surface area contributed by atoms with E-state index in [4.69, 9.17) is 10.3 Å². The van der Waals surface area contributed by atoms with Crippen LogP contribution in [-0.2, 0) is 11.2 Å². The Morgan fingerprint density at radius 1 is 1.33 bits per heavy atom. The molecule has 5 heteroatoms. The number of likely N-dealkylation sites (tertiary alicyclic amines) is 1. The summed E-state index contributed by atoms with van der Waals surface area (Å²) in [4.78, 5) is 14.3. The van der Waals surface area contributed by atoms with Gasteiger partial charge in [-0.05, 0) is 43.9 Å². The second-order valence-corrected chi connectivity index (χ2v) is 5.70. The van der Waals surface area contributed by atoms with Crippen molar-refractivity contribution in [2.45, 2.75) is 25.7 Å². The van der Waals surface area contributed by atoms with E-state index in [1.165, 1.54) is 0 Å². The molecular formula is C16H21N3O2. The molecule has 1 aliphatic rings. The number of aromatic nitrogens is 1. The second kappa shape index (κ2) is 6.26. The Hall–Kier alpha value is -1.88. The van der Waals surface area contributed by atoms with Crippen LogP contribution in [0.5, 0.6) is 0 Å². The molecule has 1 aliphatic heterocycles. The molecular weight excluding hydrogens is 266 g/mol. The lowest BCUT2D eigenvalue weighted by atomic mass is 9.93. The van der Waals surface area contributed by atoms with Crippen molar-refractivity contribution in [3.63, 3.8) is 0 Å². The number of rotatable bonds is 4. The number of hydrogen-bond donors (Lipinski definition) is 1. The van der Waals surface area contributed by atoms with Crippen LogP contribution in [-0.4, -0.2) is 35.6 Å². The Bertz CT molecular complexity index is 615. The van der Waals surface area contributed by atoms with E-state index in [0.717, 1.165) is 55.6 Å². The molecule has 2 heterocycles. The average Bonchev–Trinajstić information content (AvgIpc) is 2.92. The Morgan fingerprint density at radius 2 is 2.10 bits per heavy atom. The van der Waals surface area contributed by atoms with E-state index < -0.39 is 0 Å². The largest absolute Gasteiger partial charge is 0.356 e. The van der Waals surface area contributed by atoms with Gasteiger partial charge in [0.05, 0.1) is 6.42 Å². The van der Waals surface area contributed by atoms with Crippen molar-refractivity contribution in [1.29, 1.82) is 0 Å². The zero-order valence-electron chi connectivity index (χ0n) is 12.1. The summed E-state index contributed by atoms with van der Waals surface area (Å²) in [6.07, 6.45) is 3.50. The van der Waals surface area contributed by atoms with Crippen LogP contribution in [0.2, 0.25) is 0 Å². The first-order valence-corrected chi connectivity index (χ1v) is 7.59. The maximum atomic E-state index is 12.4. The minimum Gasteiger partial charge on any atom is -0.356 e. The van der Waals surface area contributed by atoms with E-state index in [0.29, 0.717) is 12.3 Å². The van der Waals surface area contributed by atoms with Crippen LogP contribution in [0.4, 0.5) is 0 Å². The lowest BCUT2D eigenvalue weighted by Gasteiger charge is -2.31. The number of nitrogens with zero attached hydrogens (tertiary/aromatic N) is 2. The first kappa shape index (κ1) is 14.1. The van der Waals surface area contributed by atoms with Gasteiger partial charge in [-0.25, -0.2) is 0 Å². The van der Waals surface area contributed by atoms with Crippen molar-refractivity contribution in [1.82, 2.24) is 10.1 Å². The van der Waals surface area contributed by atoms with E-state index in [-0.39, 0.29) is 5.91 Å². The van der Waals surface area contributed by atoms with Crippen molar-refractivity contribution in [2.75, 3.05) is 19.6 Å². The van der Waals surface area contributed by atoms with Crippen LogP contribution >= 0.6 is 0 Å². The van der Waals surface area contributed by atoms with E-state index in [1.54, 1.807) is 0 Å². The molecule has 1 amide bonds. The molecule has 21 heavy (non-hydrogen) atoms. The molecule has 1 aromatic heterocycles. The smallest absolute Gasteiger partial charge is 0.228 e. The summed E-state index contributed by atoms with van der Waals surface area (Å²) < 4.78 is 5.25. The molecule has 2 N–H and O–H groups in total. The molecule has 5 nitrogen and oxygen atoms in total. The molecule has 0 saturated carbocycles. The normalized spacial score (nSPS) is 16.5. The Labute approximate surface area is 124 Å². The van der Waals surface area contributed by atoms with Crippen molar-refractivity contribution >= 4 is 16.9 Å². The molecule has 3 rings (SSSR count). The van der Waals surface area contributed by atoms with E-state index in [2.05, 4.69) is 5.16 Å². The maximum Gasteiger partial charge on any atom is 0.228 e. The lowest BCUT2D eigenvalue weighted by Crippen LogP contribution is -2.39. The third kappa shape index (κ3) is 3.08. The highest BCUT2D eigenvalue weighted by atomic mass is 16.5. The first-order valence-electron chi connectivity index (χ1n) is 7.59. The van der Waals surface area contributed by atoms with Crippen molar-refractivity contribution in [3.8, 4) is 0 Å². The van der Waals surface area contributed by atoms with Crippen molar-refractivity contribution < 1.29 is 9.32 Å². The van der Waals surface area contributed by atoms with Crippen LogP contribution in [0.25, 0.3) is 11.0 Å². The van der Waals surface area contributed by atoms with Gasteiger partial charge in [-0.2, -0.15) is 0 Å². The second-order valence-electron chi connectivity index (χ2n) is 5.70. The zero-order chi connectivity index (χ0) is 14.7. The Morgan fingerprint density at radius 3 is 2.86 bits per heavy atom. The number of fused-ring (bicyclic) bond motifs is 1. The minimum absolute atomic E-state index is 0.139. The molecule has 0 atom stereocenters. The van der Waals surface area contributed by atoms with Crippen molar-refractivity contribution in [2.24, 2.45) is 11.7 Å². The summed E-state index contributed by atoms with van der Waals surface area (Å²) in [5, 5.41) is 4.97. The van der Waals surface area contributed by atoms with Gasteiger partial charge in [-0.15, -0.1) is 0 Å². The lowest BCUT2D eigenvalue weighted by molar-refractivity contribution is -0.131. The number of piperidine rings is 1. The monoisotopic (exact) mass is 287 g/mol. The number of para-hydroxylation sites is 1. The van der Waals surface area contributed by atoms with Crippen LogP contribution in [0.15, 0.2) is 28.8 Å². The molecule has 0 bridgehead atoms. The molecule has 1 aromatic carbocycles. The summed E-state index contributed by atoms with van der Waals surface area (Å²) >= 11 is 0. The molecule has 1 saturated heterocycles. The molecule has 2 aromatic rings. The summed E-state index contributed by atoms with van der Waals surface area (Å²) in [5.41, 5.74) is 7.07. The van der Waals surface area contributed by atoms with Gasteiger partial charge in [-0.3, -0.25) is 4.79 Å². The molecule has 112 valence electrons. The van der Waals surface area contributed by atoms with Gasteiger partial charge >= 0.3 is 0 Å². The number of carbonyl (C=O) groups is 1. The van der Waals surface area contributed by atoms with Crippen LogP contribution in [0.1, 0.15) is 25.0 Å². The SMILES string of the molecule is NCCC1CCN(C(=O)Cc2noc3ccccc23)CC1. The van der Waals surface area contributed by atoms with Gasteiger partial charge < -0.3 is 15.2 Å². The molecule has 0 spiro atoms. The van der Waals surface area contributed by atoms with E-state index in [9.17, 15) is 4.79 Å². The standard InChI is InChI=1S/C16H21N3O2/c17-8-5-12-6-9-19(10-7-12)16(20)11-14-13-3-1-2-4-15(13)21-18-14/h1-4,12H,5-11,17H2. The van der Waals surface area contributed by atoms with E-state index >= 15 is 0 Å². The van der Waals surface area contributed by atoms with Gasteiger partial charge in [0, 0.05) is 18.5 Å². The fourth-order valence-corrected chi connectivity index (χ4v) is 3.03. The third-order valence-electron chi connectivity index (χ3n) is 4.31. The Balaban J connectivity index is 1.62. The number of amides is 1. The van der Waals surface area contributed by atoms with Gasteiger partial charge in [0.25, 0.3) is 0 Å². The predicted octanol–water partition coefficient (Wildman–Crippen LogP) is 1.96. The summed E-state index contributed by atoms with van der Waals surface area (Å²) in [7, 11) is 0. The summed E-state index contributed by atoms with van der Waals surface area (Å²) in [5.74, 6) is 0.812. The van der Waals surface area contributed by atoms with E-state index in [1.807, 2.05) is 29.2 Å². The highest BCUT2D eigenvalue weighted by Gasteiger charge is 2.23. The highest BCUT2D eigenvalue weighted by molar-refractivity contribution is 5.86. The van der Waals surface area contributed by atoms with Gasteiger partial charge in [0.1, 0.15) is 5.69 Å². The zero-order valence-corrected chi connectivity index (χ0v) is 12.1. The number of benzene rings is 1. The quantitative estimate of drug-likeness (QED) is 0.933. The first-order chi connectivity index (χ1) is 10.3. The summed E-state index contributed by atoms with van der Waals surface area (Å²) in [6.45, 7) is 2.40. The molecule has 1 fully saturated rings. The molecule has 0 aliphatic carbocycles. The average molecular weight is 287 g/mol. The van der Waals surface area contributed by atoms with Crippen LogP contribution in [0.3, 0.4) is 0 Å². The molecule has 0 unspecified atom stereocenters. The van der Waals surface area contributed by atoms with Crippen LogP contribution < -0.4 is 5.73 Å². The number of nitrogens with two attached hydrogens (primary N) is 1. The van der Waals surface area contributed by atoms with Gasteiger partial charge in [-0.1, -0.05) is 17.3 Å². The fourth-order valence-electron chi connectivity index (χ4n) is 3.03. The summed E-state index contributed by atoms with van der Waals surface area (Å²) in [6, 6.07) is 7.66. The minimum atomic E-state index is 0.139. The third-order valence-corrected chi connectivity index (χ3v) is 4.31. The number of hydrogen-bond acceptors (Lipinski definition) is 4. The molecule has 0 radical (unpaired) electrons. The topological polar surface area (TPSA) is 72.4 Å².